The molecule has 0 aromatic carbocycles. The van der Waals surface area contributed by atoms with Crippen LogP contribution in [0.4, 0.5) is 0 Å². The van der Waals surface area contributed by atoms with Crippen LogP contribution in [0.3, 0.4) is 0 Å². The van der Waals surface area contributed by atoms with Crippen molar-refractivity contribution in [3.8, 4) is 0 Å². The third kappa shape index (κ3) is 4.10. The molecule has 20 heavy (non-hydrogen) atoms. The van der Waals surface area contributed by atoms with Gasteiger partial charge < -0.3 is 4.74 Å². The van der Waals surface area contributed by atoms with Crippen LogP contribution < -0.4 is 0 Å². The van der Waals surface area contributed by atoms with Crippen LogP contribution in [-0.4, -0.2) is 31.0 Å². The van der Waals surface area contributed by atoms with Crippen LogP contribution in [0.2, 0.25) is 25.2 Å². The number of carbonyl (C=O) groups is 2. The summed E-state index contributed by atoms with van der Waals surface area (Å²) in [7, 11) is -1.50. The lowest BCUT2D eigenvalue weighted by molar-refractivity contribution is -0.156. The van der Waals surface area contributed by atoms with Crippen LogP contribution in [-0.2, 0) is 14.3 Å². The summed E-state index contributed by atoms with van der Waals surface area (Å²) in [6.45, 7) is 13.0. The predicted octanol–water partition coefficient (Wildman–Crippen LogP) is 4.10. The number of ether oxygens (including phenoxy) is 1. The lowest BCUT2D eigenvalue weighted by atomic mass is 9.75. The molecule has 3 nitrogen and oxygen atoms in total. The Morgan fingerprint density at radius 1 is 1.35 bits per heavy atom. The zero-order valence-corrected chi connectivity index (χ0v) is 15.4. The molecule has 1 fully saturated rings. The highest BCUT2D eigenvalue weighted by Crippen LogP contribution is 2.53. The summed E-state index contributed by atoms with van der Waals surface area (Å²) >= 11 is 1.45. The van der Waals surface area contributed by atoms with E-state index in [4.69, 9.17) is 4.74 Å². The van der Waals surface area contributed by atoms with Crippen LogP contribution in [0.25, 0.3) is 0 Å². The summed E-state index contributed by atoms with van der Waals surface area (Å²) in [5.41, 5.74) is 0.00794. The van der Waals surface area contributed by atoms with Gasteiger partial charge in [0.15, 0.2) is 5.12 Å². The first-order chi connectivity index (χ1) is 9.11. The van der Waals surface area contributed by atoms with Gasteiger partial charge in [-0.1, -0.05) is 31.4 Å². The Balaban J connectivity index is 2.96. The SMILES string of the molecule is CCOC(=O)C1(C)CCC(SC(C)=O)CC1[Si](C)(C)C. The van der Waals surface area contributed by atoms with Gasteiger partial charge >= 0.3 is 5.97 Å². The summed E-state index contributed by atoms with van der Waals surface area (Å²) in [5.74, 6) is -0.0429. The third-order valence-electron chi connectivity index (χ3n) is 4.37. The van der Waals surface area contributed by atoms with Gasteiger partial charge in [-0.05, 0) is 38.7 Å². The van der Waals surface area contributed by atoms with Crippen LogP contribution in [0, 0.1) is 5.41 Å². The molecular formula is C15H28O3SSi. The summed E-state index contributed by atoms with van der Waals surface area (Å²) in [5, 5.41) is 0.552. The van der Waals surface area contributed by atoms with Gasteiger partial charge in [0.05, 0.1) is 12.0 Å². The molecule has 1 saturated carbocycles. The fourth-order valence-corrected chi connectivity index (χ4v) is 7.80. The van der Waals surface area contributed by atoms with E-state index in [2.05, 4.69) is 26.6 Å². The fourth-order valence-electron chi connectivity index (χ4n) is 3.47. The average molecular weight is 317 g/mol. The van der Waals surface area contributed by atoms with E-state index in [-0.39, 0.29) is 16.5 Å². The molecule has 0 saturated heterocycles. The third-order valence-corrected chi connectivity index (χ3v) is 8.43. The molecule has 0 aromatic heterocycles. The molecule has 0 N–H and O–H groups in total. The van der Waals surface area contributed by atoms with Gasteiger partial charge in [0.2, 0.25) is 0 Å². The number of carbonyl (C=O) groups excluding carboxylic acids is 2. The first-order valence-corrected chi connectivity index (χ1v) is 11.9. The van der Waals surface area contributed by atoms with E-state index < -0.39 is 8.07 Å². The average Bonchev–Trinajstić information content (AvgIpc) is 2.30. The molecule has 3 atom stereocenters. The van der Waals surface area contributed by atoms with Gasteiger partial charge in [-0.3, -0.25) is 9.59 Å². The fraction of sp³-hybridized carbons (Fsp3) is 0.867. The summed E-state index contributed by atoms with van der Waals surface area (Å²) in [6, 6.07) is 0. The van der Waals surface area contributed by atoms with Crippen molar-refractivity contribution in [2.24, 2.45) is 5.41 Å². The van der Waals surface area contributed by atoms with Gasteiger partial charge in [-0.25, -0.2) is 0 Å². The minimum absolute atomic E-state index is 0.0429. The van der Waals surface area contributed by atoms with Crippen molar-refractivity contribution in [1.82, 2.24) is 0 Å². The molecule has 1 rings (SSSR count). The Bertz CT molecular complexity index is 378. The zero-order chi connectivity index (χ0) is 15.6. The first-order valence-electron chi connectivity index (χ1n) is 7.45. The summed E-state index contributed by atoms with van der Waals surface area (Å²) in [6.07, 6.45) is 2.74. The topological polar surface area (TPSA) is 43.4 Å². The molecule has 116 valence electrons. The highest BCUT2D eigenvalue weighted by molar-refractivity contribution is 8.14. The smallest absolute Gasteiger partial charge is 0.311 e. The largest absolute Gasteiger partial charge is 0.466 e. The van der Waals surface area contributed by atoms with Crippen molar-refractivity contribution in [2.75, 3.05) is 6.61 Å². The molecule has 0 amide bonds. The van der Waals surface area contributed by atoms with Crippen LogP contribution in [0.15, 0.2) is 0 Å². The van der Waals surface area contributed by atoms with Crippen LogP contribution >= 0.6 is 11.8 Å². The van der Waals surface area contributed by atoms with Gasteiger partial charge in [-0.2, -0.15) is 0 Å². The zero-order valence-electron chi connectivity index (χ0n) is 13.6. The maximum atomic E-state index is 12.4. The second-order valence-corrected chi connectivity index (χ2v) is 14.0. The lowest BCUT2D eigenvalue weighted by Gasteiger charge is -2.47. The van der Waals surface area contributed by atoms with Crippen molar-refractivity contribution in [1.29, 1.82) is 0 Å². The Morgan fingerprint density at radius 3 is 2.40 bits per heavy atom. The summed E-state index contributed by atoms with van der Waals surface area (Å²) in [4.78, 5) is 23.8. The molecular weight excluding hydrogens is 288 g/mol. The van der Waals surface area contributed by atoms with Crippen molar-refractivity contribution in [2.45, 2.75) is 70.5 Å². The molecule has 5 heteroatoms. The molecule has 0 heterocycles. The number of rotatable bonds is 4. The molecule has 0 spiro atoms. The number of hydrogen-bond acceptors (Lipinski definition) is 4. The van der Waals surface area contributed by atoms with Crippen molar-refractivity contribution in [3.63, 3.8) is 0 Å². The van der Waals surface area contributed by atoms with E-state index in [9.17, 15) is 9.59 Å². The Labute approximate surface area is 128 Å². The lowest BCUT2D eigenvalue weighted by Crippen LogP contribution is -2.49. The van der Waals surface area contributed by atoms with Crippen molar-refractivity contribution < 1.29 is 14.3 Å². The van der Waals surface area contributed by atoms with Gasteiger partial charge in [0, 0.05) is 20.2 Å². The van der Waals surface area contributed by atoms with Crippen LogP contribution in [0.1, 0.15) is 40.0 Å². The van der Waals surface area contributed by atoms with E-state index in [1.54, 1.807) is 6.92 Å². The monoisotopic (exact) mass is 316 g/mol. The minimum Gasteiger partial charge on any atom is -0.466 e. The highest BCUT2D eigenvalue weighted by atomic mass is 32.2. The molecule has 3 unspecified atom stereocenters. The van der Waals surface area contributed by atoms with Gasteiger partial charge in [-0.15, -0.1) is 0 Å². The number of esters is 1. The molecule has 0 radical (unpaired) electrons. The maximum absolute atomic E-state index is 12.4. The molecule has 0 aromatic rings. The van der Waals surface area contributed by atoms with E-state index >= 15 is 0 Å². The first kappa shape index (κ1) is 17.8. The van der Waals surface area contributed by atoms with Gasteiger partial charge in [0.25, 0.3) is 0 Å². The Kier molecular flexibility index (Phi) is 5.90. The molecule has 0 aliphatic heterocycles. The Hall–Kier alpha value is -0.293. The number of thioether (sulfide) groups is 1. The van der Waals surface area contributed by atoms with E-state index in [0.717, 1.165) is 19.3 Å². The highest BCUT2D eigenvalue weighted by Gasteiger charge is 2.51. The van der Waals surface area contributed by atoms with Crippen LogP contribution in [0.5, 0.6) is 0 Å². The quantitative estimate of drug-likeness (QED) is 0.578. The standard InChI is InChI=1S/C15H28O3SSi/c1-7-18-14(17)15(3)9-8-12(19-11(2)16)10-13(15)20(4,5)6/h12-13H,7-10H2,1-6H3. The summed E-state index contributed by atoms with van der Waals surface area (Å²) < 4.78 is 5.34. The van der Waals surface area contributed by atoms with E-state index in [0.29, 0.717) is 17.4 Å². The van der Waals surface area contributed by atoms with Gasteiger partial charge in [0.1, 0.15) is 0 Å². The second-order valence-electron chi connectivity index (χ2n) is 7.06. The maximum Gasteiger partial charge on any atom is 0.311 e. The van der Waals surface area contributed by atoms with Crippen molar-refractivity contribution in [3.05, 3.63) is 0 Å². The minimum atomic E-state index is -1.50. The second kappa shape index (κ2) is 6.65. The Morgan fingerprint density at radius 2 is 1.95 bits per heavy atom. The van der Waals surface area contributed by atoms with Crippen molar-refractivity contribution >= 4 is 30.9 Å². The van der Waals surface area contributed by atoms with E-state index in [1.807, 2.05) is 6.92 Å². The molecule has 1 aliphatic rings. The normalized spacial score (nSPS) is 30.9. The molecule has 1 aliphatic carbocycles. The molecule has 0 bridgehead atoms. The predicted molar refractivity (Wildman–Crippen MR) is 87.7 cm³/mol. The van der Waals surface area contributed by atoms with E-state index in [1.165, 1.54) is 11.8 Å². The number of hydrogen-bond donors (Lipinski definition) is 0.